The normalized spacial score (nSPS) is 44.2. The maximum atomic E-state index is 9.18. The molecule has 20 heavy (non-hydrogen) atoms. The van der Waals surface area contributed by atoms with Crippen LogP contribution in [-0.2, 0) is 0 Å². The Morgan fingerprint density at radius 2 is 1.15 bits per heavy atom. The van der Waals surface area contributed by atoms with E-state index in [1.54, 1.807) is 0 Å². The average Bonchev–Trinajstić information content (AvgIpc) is 2.93. The van der Waals surface area contributed by atoms with E-state index in [2.05, 4.69) is 10.6 Å². The van der Waals surface area contributed by atoms with E-state index in [-0.39, 0.29) is 25.9 Å². The lowest BCUT2D eigenvalue weighted by Gasteiger charge is -2.12. The third-order valence-electron chi connectivity index (χ3n) is 3.59. The minimum absolute atomic E-state index is 0.127. The molecule has 0 bridgehead atoms. The van der Waals surface area contributed by atoms with Gasteiger partial charge in [-0.25, -0.2) is 0 Å². The number of rotatable bonds is 3. The van der Waals surface area contributed by atoms with Crippen molar-refractivity contribution in [1.29, 1.82) is 0 Å². The largest absolute Gasteiger partial charge is 0.395 e. The third kappa shape index (κ3) is 4.07. The lowest BCUT2D eigenvalue weighted by molar-refractivity contribution is 0.0130. The number of β-amino-alcohol motifs (C(OH)–C–C–N with tert-alkyl or cyclic N) is 1. The summed E-state index contributed by atoms with van der Waals surface area (Å²) in [5.41, 5.74) is 0. The van der Waals surface area contributed by atoms with Crippen LogP contribution >= 0.6 is 0 Å². The Morgan fingerprint density at radius 1 is 0.700 bits per heavy atom. The summed E-state index contributed by atoms with van der Waals surface area (Å²) >= 11 is 0. The van der Waals surface area contributed by atoms with Crippen LogP contribution in [0.2, 0.25) is 0 Å². The van der Waals surface area contributed by atoms with Gasteiger partial charge in [-0.15, -0.1) is 0 Å². The van der Waals surface area contributed by atoms with Crippen molar-refractivity contribution in [1.82, 2.24) is 10.6 Å². The van der Waals surface area contributed by atoms with Gasteiger partial charge in [0.05, 0.1) is 62.4 Å². The van der Waals surface area contributed by atoms with E-state index in [0.29, 0.717) is 6.54 Å². The Kier molecular flexibility index (Phi) is 7.23. The molecular weight excluding hydrogens is 272 g/mol. The van der Waals surface area contributed by atoms with Crippen LogP contribution in [0.15, 0.2) is 0 Å². The zero-order chi connectivity index (χ0) is 15.3. The fourth-order valence-electron chi connectivity index (χ4n) is 2.22. The van der Waals surface area contributed by atoms with Crippen molar-refractivity contribution in [2.75, 3.05) is 26.4 Å². The Bertz CT molecular complexity index is 265. The van der Waals surface area contributed by atoms with Crippen molar-refractivity contribution in [3.8, 4) is 0 Å². The fourth-order valence-corrected chi connectivity index (χ4v) is 2.22. The molecule has 120 valence electrons. The standard InChI is InChI=1S/C6H13NO4.C5H11NO3/c8-1-3-5(10)6(11)4(2-9)7-3;7-2-3-5(9)4(8)1-6-3/h3-11H,1-2H2;3-9H,1-2H2/t3-,4-,5-,6-;3-,4-,5-/m11/s1. The molecule has 9 nitrogen and oxygen atoms in total. The molecule has 2 aliphatic heterocycles. The molecule has 0 aromatic rings. The monoisotopic (exact) mass is 296 g/mol. The summed E-state index contributed by atoms with van der Waals surface area (Å²) in [5, 5.41) is 67.5. The van der Waals surface area contributed by atoms with Gasteiger partial charge in [0.2, 0.25) is 0 Å². The highest BCUT2D eigenvalue weighted by molar-refractivity contribution is 4.97. The van der Waals surface area contributed by atoms with Crippen LogP contribution < -0.4 is 10.6 Å². The van der Waals surface area contributed by atoms with Gasteiger partial charge in [-0.05, 0) is 0 Å². The molecular formula is C11H24N2O7. The second-order valence-corrected chi connectivity index (χ2v) is 4.98. The van der Waals surface area contributed by atoms with Gasteiger partial charge >= 0.3 is 0 Å². The van der Waals surface area contributed by atoms with Crippen LogP contribution in [0, 0.1) is 0 Å². The molecule has 2 saturated heterocycles. The first-order valence-corrected chi connectivity index (χ1v) is 6.50. The molecule has 0 unspecified atom stereocenters. The molecule has 7 atom stereocenters. The van der Waals surface area contributed by atoms with Crippen molar-refractivity contribution in [2.24, 2.45) is 0 Å². The van der Waals surface area contributed by atoms with Crippen LogP contribution in [0.25, 0.3) is 0 Å². The molecule has 9 heteroatoms. The van der Waals surface area contributed by atoms with Gasteiger partial charge in [0.1, 0.15) is 0 Å². The van der Waals surface area contributed by atoms with E-state index in [1.165, 1.54) is 0 Å². The lowest BCUT2D eigenvalue weighted by Crippen LogP contribution is -2.37. The summed E-state index contributed by atoms with van der Waals surface area (Å²) in [4.78, 5) is 0. The molecule has 2 rings (SSSR count). The minimum atomic E-state index is -0.989. The van der Waals surface area contributed by atoms with Crippen molar-refractivity contribution < 1.29 is 35.7 Å². The van der Waals surface area contributed by atoms with E-state index < -0.39 is 36.5 Å². The molecule has 0 amide bonds. The van der Waals surface area contributed by atoms with Gasteiger partial charge in [0, 0.05) is 6.54 Å². The van der Waals surface area contributed by atoms with Gasteiger partial charge in [-0.1, -0.05) is 0 Å². The first kappa shape index (κ1) is 17.7. The summed E-state index contributed by atoms with van der Waals surface area (Å²) in [6.45, 7) is -0.242. The van der Waals surface area contributed by atoms with Crippen molar-refractivity contribution >= 4 is 0 Å². The van der Waals surface area contributed by atoms with Crippen molar-refractivity contribution in [3.05, 3.63) is 0 Å². The van der Waals surface area contributed by atoms with E-state index in [4.69, 9.17) is 25.5 Å². The Hall–Kier alpha value is -0.360. The van der Waals surface area contributed by atoms with Gasteiger partial charge in [-0.3, -0.25) is 0 Å². The SMILES string of the molecule is OC[C@H]1NC[C@@H](O)[C@@H]1O.OC[C@H]1N[C@H](CO)[C@@H](O)[C@@H]1O. The van der Waals surface area contributed by atoms with E-state index >= 15 is 0 Å². The minimum Gasteiger partial charge on any atom is -0.395 e. The second-order valence-electron chi connectivity index (χ2n) is 4.98. The van der Waals surface area contributed by atoms with Crippen LogP contribution in [0.1, 0.15) is 0 Å². The first-order valence-electron chi connectivity index (χ1n) is 6.50. The van der Waals surface area contributed by atoms with Crippen molar-refractivity contribution in [3.63, 3.8) is 0 Å². The topological polar surface area (TPSA) is 166 Å². The highest BCUT2D eigenvalue weighted by Crippen LogP contribution is 2.13. The molecule has 2 fully saturated rings. The van der Waals surface area contributed by atoms with E-state index in [1.807, 2.05) is 0 Å². The molecule has 2 aliphatic rings. The smallest absolute Gasteiger partial charge is 0.0990 e. The van der Waals surface area contributed by atoms with Gasteiger partial charge in [0.15, 0.2) is 0 Å². The molecule has 0 aliphatic carbocycles. The molecule has 9 N–H and O–H groups in total. The van der Waals surface area contributed by atoms with Crippen molar-refractivity contribution in [2.45, 2.75) is 42.5 Å². The quantitative estimate of drug-likeness (QED) is 0.247. The number of nitrogens with one attached hydrogen (secondary N) is 2. The maximum absolute atomic E-state index is 9.18. The second kappa shape index (κ2) is 8.17. The molecule has 0 aromatic carbocycles. The number of aliphatic hydroxyl groups excluding tert-OH is 7. The fraction of sp³-hybridized carbons (Fsp3) is 1.00. The van der Waals surface area contributed by atoms with Crippen LogP contribution in [0.5, 0.6) is 0 Å². The summed E-state index contributed by atoms with van der Waals surface area (Å²) in [6, 6.07) is -1.40. The van der Waals surface area contributed by atoms with E-state index in [9.17, 15) is 10.2 Å². The highest BCUT2D eigenvalue weighted by Gasteiger charge is 2.39. The third-order valence-corrected chi connectivity index (χ3v) is 3.59. The molecule has 2 heterocycles. The zero-order valence-electron chi connectivity index (χ0n) is 11.0. The van der Waals surface area contributed by atoms with Gasteiger partial charge in [0.25, 0.3) is 0 Å². The predicted octanol–water partition coefficient (Wildman–Crippen LogP) is -5.29. The number of hydrogen-bond donors (Lipinski definition) is 9. The highest BCUT2D eigenvalue weighted by atomic mass is 16.3. The molecule has 0 radical (unpaired) electrons. The predicted molar refractivity (Wildman–Crippen MR) is 67.8 cm³/mol. The molecule has 0 aromatic heterocycles. The number of aliphatic hydroxyl groups is 7. The van der Waals surface area contributed by atoms with Crippen LogP contribution in [-0.4, -0.2) is 105 Å². The Labute approximate surface area is 116 Å². The molecule has 0 spiro atoms. The zero-order valence-corrected chi connectivity index (χ0v) is 11.0. The van der Waals surface area contributed by atoms with E-state index in [0.717, 1.165) is 0 Å². The summed E-state index contributed by atoms with van der Waals surface area (Å²) in [6.07, 6.45) is -3.51. The van der Waals surface area contributed by atoms with Gasteiger partial charge < -0.3 is 46.4 Å². The Morgan fingerprint density at radius 3 is 1.35 bits per heavy atom. The summed E-state index contributed by atoms with van der Waals surface area (Å²) in [5.74, 6) is 0. The summed E-state index contributed by atoms with van der Waals surface area (Å²) < 4.78 is 0. The average molecular weight is 296 g/mol. The first-order chi connectivity index (χ1) is 9.46. The van der Waals surface area contributed by atoms with Crippen LogP contribution in [0.4, 0.5) is 0 Å². The summed E-state index contributed by atoms with van der Waals surface area (Å²) in [7, 11) is 0. The Balaban J connectivity index is 0.000000204. The number of hydrogen-bond acceptors (Lipinski definition) is 9. The lowest BCUT2D eigenvalue weighted by atomic mass is 10.1. The molecule has 0 saturated carbocycles. The van der Waals surface area contributed by atoms with Gasteiger partial charge in [-0.2, -0.15) is 0 Å². The van der Waals surface area contributed by atoms with Crippen LogP contribution in [0.3, 0.4) is 0 Å². The maximum Gasteiger partial charge on any atom is 0.0990 e.